The molecule has 1 amide bonds. The second-order valence-electron chi connectivity index (χ2n) is 6.07. The zero-order chi connectivity index (χ0) is 14.8. The summed E-state index contributed by atoms with van der Waals surface area (Å²) in [6, 6.07) is 0. The highest BCUT2D eigenvalue weighted by atomic mass is 16.2. The molecule has 0 radical (unpaired) electrons. The third-order valence-electron chi connectivity index (χ3n) is 4.17. The van der Waals surface area contributed by atoms with Gasteiger partial charge in [0.2, 0.25) is 5.91 Å². The summed E-state index contributed by atoms with van der Waals surface area (Å²) in [4.78, 5) is 14.3. The van der Waals surface area contributed by atoms with E-state index in [9.17, 15) is 4.79 Å². The Hall–Kier alpha value is -0.570. The first kappa shape index (κ1) is 18.4. The number of amides is 1. The van der Waals surface area contributed by atoms with Gasteiger partial charge in [0, 0.05) is 19.5 Å². The maximum absolute atomic E-state index is 12.3. The van der Waals surface area contributed by atoms with Gasteiger partial charge >= 0.3 is 0 Å². The van der Waals surface area contributed by atoms with Gasteiger partial charge in [0.25, 0.3) is 0 Å². The highest BCUT2D eigenvalue weighted by molar-refractivity contribution is 5.76. The number of rotatable bonds is 10. The first-order valence-corrected chi connectivity index (χ1v) is 7.93. The minimum atomic E-state index is 0.311. The second-order valence-corrected chi connectivity index (χ2v) is 6.07. The highest BCUT2D eigenvalue weighted by Gasteiger charge is 2.18. The van der Waals surface area contributed by atoms with E-state index in [-0.39, 0.29) is 0 Å². The molecule has 2 unspecified atom stereocenters. The lowest BCUT2D eigenvalue weighted by Gasteiger charge is -2.26. The predicted octanol–water partition coefficient (Wildman–Crippen LogP) is 3.28. The van der Waals surface area contributed by atoms with E-state index in [1.54, 1.807) is 0 Å². The smallest absolute Gasteiger partial charge is 0.222 e. The van der Waals surface area contributed by atoms with E-state index in [2.05, 4.69) is 34.6 Å². The van der Waals surface area contributed by atoms with Gasteiger partial charge in [-0.3, -0.25) is 4.79 Å². The van der Waals surface area contributed by atoms with Gasteiger partial charge in [0.1, 0.15) is 0 Å². The summed E-state index contributed by atoms with van der Waals surface area (Å²) >= 11 is 0. The Balaban J connectivity index is 4.24. The maximum atomic E-state index is 12.3. The zero-order valence-corrected chi connectivity index (χ0v) is 13.6. The molecule has 0 aliphatic carbocycles. The second kappa shape index (κ2) is 10.2. The average Bonchev–Trinajstić information content (AvgIpc) is 2.39. The Bertz CT molecular complexity index is 241. The third-order valence-corrected chi connectivity index (χ3v) is 4.17. The largest absolute Gasteiger partial charge is 0.343 e. The molecule has 0 aliphatic rings. The summed E-state index contributed by atoms with van der Waals surface area (Å²) < 4.78 is 0. The molecule has 0 aromatic rings. The molecule has 0 aromatic carbocycles. The van der Waals surface area contributed by atoms with E-state index in [4.69, 9.17) is 5.73 Å². The van der Waals surface area contributed by atoms with E-state index < -0.39 is 0 Å². The fourth-order valence-electron chi connectivity index (χ4n) is 2.40. The number of nitrogens with zero attached hydrogens (tertiary/aromatic N) is 1. The number of hydrogen-bond acceptors (Lipinski definition) is 2. The molecule has 3 heteroatoms. The molecule has 0 fully saturated rings. The van der Waals surface area contributed by atoms with Crippen molar-refractivity contribution in [2.24, 2.45) is 23.5 Å². The van der Waals surface area contributed by atoms with Crippen molar-refractivity contribution in [3.05, 3.63) is 0 Å². The summed E-state index contributed by atoms with van der Waals surface area (Å²) in [5.41, 5.74) is 5.65. The van der Waals surface area contributed by atoms with Crippen LogP contribution in [0.3, 0.4) is 0 Å². The van der Waals surface area contributed by atoms with Gasteiger partial charge in [-0.1, -0.05) is 34.1 Å². The fraction of sp³-hybridized carbons (Fsp3) is 0.938. The summed E-state index contributed by atoms with van der Waals surface area (Å²) in [5.74, 6) is 2.09. The third kappa shape index (κ3) is 7.56. The van der Waals surface area contributed by atoms with Gasteiger partial charge < -0.3 is 10.6 Å². The van der Waals surface area contributed by atoms with Crippen molar-refractivity contribution >= 4 is 5.91 Å². The van der Waals surface area contributed by atoms with Crippen molar-refractivity contribution in [1.29, 1.82) is 0 Å². The molecule has 0 saturated heterocycles. The van der Waals surface area contributed by atoms with Crippen LogP contribution in [0.5, 0.6) is 0 Å². The summed E-state index contributed by atoms with van der Waals surface area (Å²) in [5, 5.41) is 0. The van der Waals surface area contributed by atoms with Crippen LogP contribution in [0.25, 0.3) is 0 Å². The molecule has 2 atom stereocenters. The standard InChI is InChI=1S/C16H34N2O/c1-6-14(5)12-18(7-2)16(19)9-8-15(10-11-17)13(3)4/h13-15H,6-12,17H2,1-5H3. The van der Waals surface area contributed by atoms with Crippen LogP contribution in [0.4, 0.5) is 0 Å². The molecule has 0 aliphatic heterocycles. The Labute approximate surface area is 119 Å². The van der Waals surface area contributed by atoms with Crippen LogP contribution in [0.2, 0.25) is 0 Å². The normalized spacial score (nSPS) is 14.5. The van der Waals surface area contributed by atoms with E-state index in [1.165, 1.54) is 0 Å². The predicted molar refractivity (Wildman–Crippen MR) is 82.9 cm³/mol. The van der Waals surface area contributed by atoms with Crippen LogP contribution in [-0.4, -0.2) is 30.4 Å². The van der Waals surface area contributed by atoms with Gasteiger partial charge in [-0.15, -0.1) is 0 Å². The van der Waals surface area contributed by atoms with Gasteiger partial charge in [-0.2, -0.15) is 0 Å². The van der Waals surface area contributed by atoms with Crippen molar-refractivity contribution < 1.29 is 4.79 Å². The SMILES string of the molecule is CCC(C)CN(CC)C(=O)CCC(CCN)C(C)C. The minimum Gasteiger partial charge on any atom is -0.343 e. The van der Waals surface area contributed by atoms with Crippen LogP contribution in [-0.2, 0) is 4.79 Å². The summed E-state index contributed by atoms with van der Waals surface area (Å²) in [7, 11) is 0. The van der Waals surface area contributed by atoms with Gasteiger partial charge in [0.15, 0.2) is 0 Å². The molecule has 114 valence electrons. The Morgan fingerprint density at radius 2 is 1.79 bits per heavy atom. The molecule has 0 aromatic heterocycles. The highest BCUT2D eigenvalue weighted by Crippen LogP contribution is 2.21. The molecule has 0 heterocycles. The number of carbonyl (C=O) groups is 1. The van der Waals surface area contributed by atoms with E-state index in [1.807, 2.05) is 4.90 Å². The number of nitrogens with two attached hydrogens (primary N) is 1. The van der Waals surface area contributed by atoms with Crippen LogP contribution in [0, 0.1) is 17.8 Å². The Morgan fingerprint density at radius 1 is 1.16 bits per heavy atom. The van der Waals surface area contributed by atoms with Crippen LogP contribution >= 0.6 is 0 Å². The molecule has 3 nitrogen and oxygen atoms in total. The topological polar surface area (TPSA) is 46.3 Å². The van der Waals surface area contributed by atoms with Crippen molar-refractivity contribution in [3.8, 4) is 0 Å². The number of hydrogen-bond donors (Lipinski definition) is 1. The van der Waals surface area contributed by atoms with Crippen LogP contribution in [0.1, 0.15) is 60.3 Å². The first-order valence-electron chi connectivity index (χ1n) is 7.93. The van der Waals surface area contributed by atoms with Crippen molar-refractivity contribution in [1.82, 2.24) is 4.90 Å². The zero-order valence-electron chi connectivity index (χ0n) is 13.6. The maximum Gasteiger partial charge on any atom is 0.222 e. The summed E-state index contributed by atoms with van der Waals surface area (Å²) in [6.07, 6.45) is 3.81. The summed E-state index contributed by atoms with van der Waals surface area (Å²) in [6.45, 7) is 13.4. The van der Waals surface area contributed by atoms with Gasteiger partial charge in [-0.25, -0.2) is 0 Å². The molecule has 0 saturated carbocycles. The van der Waals surface area contributed by atoms with Crippen molar-refractivity contribution in [2.75, 3.05) is 19.6 Å². The lowest BCUT2D eigenvalue weighted by atomic mass is 9.88. The fourth-order valence-corrected chi connectivity index (χ4v) is 2.40. The lowest BCUT2D eigenvalue weighted by Crippen LogP contribution is -2.34. The van der Waals surface area contributed by atoms with Gasteiger partial charge in [-0.05, 0) is 44.1 Å². The lowest BCUT2D eigenvalue weighted by molar-refractivity contribution is -0.132. The van der Waals surface area contributed by atoms with E-state index >= 15 is 0 Å². The van der Waals surface area contributed by atoms with E-state index in [0.717, 1.165) is 38.9 Å². The molecule has 0 rings (SSSR count). The van der Waals surface area contributed by atoms with Crippen LogP contribution in [0.15, 0.2) is 0 Å². The monoisotopic (exact) mass is 270 g/mol. The Morgan fingerprint density at radius 3 is 2.21 bits per heavy atom. The molecule has 0 spiro atoms. The molecular weight excluding hydrogens is 236 g/mol. The number of carbonyl (C=O) groups excluding carboxylic acids is 1. The minimum absolute atomic E-state index is 0.311. The Kier molecular flexibility index (Phi) is 9.94. The quantitative estimate of drug-likeness (QED) is 0.662. The molecular formula is C16H34N2O. The van der Waals surface area contributed by atoms with Crippen molar-refractivity contribution in [3.63, 3.8) is 0 Å². The van der Waals surface area contributed by atoms with Gasteiger partial charge in [0.05, 0.1) is 0 Å². The van der Waals surface area contributed by atoms with Crippen LogP contribution < -0.4 is 5.73 Å². The van der Waals surface area contributed by atoms with Crippen molar-refractivity contribution in [2.45, 2.75) is 60.3 Å². The van der Waals surface area contributed by atoms with E-state index in [0.29, 0.717) is 30.1 Å². The molecule has 0 bridgehead atoms. The molecule has 2 N–H and O–H groups in total. The first-order chi connectivity index (χ1) is 8.96. The average molecular weight is 270 g/mol. The molecule has 19 heavy (non-hydrogen) atoms.